The number of hydrogen-bond donors (Lipinski definition) is 7. The van der Waals surface area contributed by atoms with Gasteiger partial charge in [0.25, 0.3) is 0 Å². The molecule has 20 nitrogen and oxygen atoms in total. The lowest BCUT2D eigenvalue weighted by Gasteiger charge is -2.31. The van der Waals surface area contributed by atoms with Crippen LogP contribution in [0.25, 0.3) is 0 Å². The predicted octanol–water partition coefficient (Wildman–Crippen LogP) is -3.25. The zero-order valence-electron chi connectivity index (χ0n) is 32.5. The van der Waals surface area contributed by atoms with Crippen LogP contribution in [-0.2, 0) is 43.2 Å². The molecule has 5 heterocycles. The maximum Gasteiger partial charge on any atom is 0.322 e. The number of rotatable bonds is 17. The number of nitrogens with one attached hydrogen (secondary N) is 5. The Hall–Kier alpha value is -4.85. The first-order valence-electron chi connectivity index (χ1n) is 20.4. The Morgan fingerprint density at radius 3 is 1.72 bits per heavy atom. The Kier molecular flexibility index (Phi) is 15.6. The maximum atomic E-state index is 13.9. The topological polar surface area (TPSA) is 273 Å². The van der Waals surface area contributed by atoms with E-state index in [-0.39, 0.29) is 31.5 Å². The number of aliphatic carboxylic acids is 1. The molecule has 5 rings (SSSR count). The molecule has 0 saturated carbocycles. The van der Waals surface area contributed by atoms with Gasteiger partial charge in [0.1, 0.15) is 36.8 Å². The van der Waals surface area contributed by atoms with Crippen molar-refractivity contribution in [2.24, 2.45) is 5.73 Å². The molecule has 5 fully saturated rings. The highest BCUT2D eigenvalue weighted by atomic mass is 16.4. The van der Waals surface area contributed by atoms with Gasteiger partial charge in [0.05, 0.1) is 19.1 Å². The van der Waals surface area contributed by atoms with Crippen LogP contribution in [0.1, 0.15) is 83.5 Å². The first-order chi connectivity index (χ1) is 27.4. The molecule has 0 aromatic carbocycles. The minimum absolute atomic E-state index is 0.112. The van der Waals surface area contributed by atoms with E-state index < -0.39 is 97.2 Å². The number of carbonyl (C=O) groups excluding carboxylic acids is 8. The molecule has 316 valence electrons. The summed E-state index contributed by atoms with van der Waals surface area (Å²) in [7, 11) is 0. The van der Waals surface area contributed by atoms with E-state index in [4.69, 9.17) is 10.8 Å². The number of unbranched alkanes of at least 4 members (excludes halogenated alkanes) is 1. The second kappa shape index (κ2) is 20.5. The minimum atomic E-state index is -1.20. The summed E-state index contributed by atoms with van der Waals surface area (Å²) in [5.74, 6) is -4.81. The molecule has 5 aliphatic heterocycles. The van der Waals surface area contributed by atoms with Crippen LogP contribution in [0.5, 0.6) is 0 Å². The number of hydrogen-bond acceptors (Lipinski definition) is 11. The molecule has 0 aromatic heterocycles. The second-order valence-corrected chi connectivity index (χ2v) is 15.4. The fourth-order valence-electron chi connectivity index (χ4n) is 8.66. The first-order valence-corrected chi connectivity index (χ1v) is 20.4. The van der Waals surface area contributed by atoms with Gasteiger partial charge in [-0.2, -0.15) is 0 Å². The summed E-state index contributed by atoms with van der Waals surface area (Å²) in [5.41, 5.74) is 5.69. The van der Waals surface area contributed by atoms with Gasteiger partial charge in [-0.1, -0.05) is 0 Å². The third-order valence-electron chi connectivity index (χ3n) is 11.6. The average Bonchev–Trinajstić information content (AvgIpc) is 4.05. The monoisotopic (exact) mass is 802 g/mol. The molecule has 0 aliphatic carbocycles. The van der Waals surface area contributed by atoms with E-state index in [2.05, 4.69) is 26.6 Å². The fraction of sp³-hybridized carbons (Fsp3) is 0.757. The Morgan fingerprint density at radius 2 is 1.14 bits per heavy atom. The standard InChI is InChI=1S/C37H58N10O10/c38-14-2-1-8-24(43-29(48)20-40-32(52)25-10-4-17-45(25)35(55)23-9-3-15-39-23)36(56)46-18-5-11-26(46)33(53)41-21-30(49)44-16-7-13-28(44)37(57)47-19-6-12-27(47)34(54)42-22-31(50)51/h23-28,39H,1-22,38H2,(H,40,52)(H,41,53)(H,42,54)(H,43,48)(H,50,51)/t23-,24-,25-,26-,27-,28-/m0/s1. The summed E-state index contributed by atoms with van der Waals surface area (Å²) in [6, 6.07) is -4.54. The van der Waals surface area contributed by atoms with Gasteiger partial charge in [-0.15, -0.1) is 0 Å². The van der Waals surface area contributed by atoms with Gasteiger partial charge in [0, 0.05) is 26.2 Å². The van der Waals surface area contributed by atoms with Crippen molar-refractivity contribution in [3.8, 4) is 0 Å². The van der Waals surface area contributed by atoms with Crippen LogP contribution in [0.2, 0.25) is 0 Å². The van der Waals surface area contributed by atoms with Crippen LogP contribution < -0.4 is 32.3 Å². The van der Waals surface area contributed by atoms with E-state index in [1.165, 1.54) is 14.7 Å². The quantitative estimate of drug-likeness (QED) is 0.0715. The third kappa shape index (κ3) is 11.0. The molecule has 8 amide bonds. The first kappa shape index (κ1) is 43.3. The molecule has 0 bridgehead atoms. The van der Waals surface area contributed by atoms with Gasteiger partial charge in [-0.05, 0) is 96.6 Å². The van der Waals surface area contributed by atoms with Crippen molar-refractivity contribution in [2.75, 3.05) is 58.9 Å². The number of carboxylic acid groups (broad SMARTS) is 1. The molecule has 0 aromatic rings. The lowest BCUT2D eigenvalue weighted by molar-refractivity contribution is -0.147. The van der Waals surface area contributed by atoms with Crippen molar-refractivity contribution in [1.82, 2.24) is 46.2 Å². The Labute approximate surface area is 331 Å². The van der Waals surface area contributed by atoms with E-state index in [0.717, 1.165) is 13.0 Å². The van der Waals surface area contributed by atoms with Gasteiger partial charge in [0.15, 0.2) is 0 Å². The third-order valence-corrected chi connectivity index (χ3v) is 11.6. The molecule has 5 saturated heterocycles. The van der Waals surface area contributed by atoms with E-state index in [1.54, 1.807) is 4.90 Å². The number of carboxylic acids is 1. The van der Waals surface area contributed by atoms with E-state index >= 15 is 0 Å². The minimum Gasteiger partial charge on any atom is -0.480 e. The fourth-order valence-corrected chi connectivity index (χ4v) is 8.66. The van der Waals surface area contributed by atoms with Crippen LogP contribution in [0, 0.1) is 0 Å². The summed E-state index contributed by atoms with van der Waals surface area (Å²) in [5, 5.41) is 22.4. The molecule has 0 unspecified atom stereocenters. The van der Waals surface area contributed by atoms with Crippen LogP contribution in [0.15, 0.2) is 0 Å². The van der Waals surface area contributed by atoms with E-state index in [9.17, 15) is 43.2 Å². The molecular formula is C37H58N10O10. The summed E-state index contributed by atoms with van der Waals surface area (Å²) in [6.07, 6.45) is 6.85. The molecular weight excluding hydrogens is 744 g/mol. The molecule has 6 atom stereocenters. The second-order valence-electron chi connectivity index (χ2n) is 15.4. The highest BCUT2D eigenvalue weighted by Crippen LogP contribution is 2.26. The predicted molar refractivity (Wildman–Crippen MR) is 201 cm³/mol. The van der Waals surface area contributed by atoms with Crippen LogP contribution in [-0.4, -0.2) is 173 Å². The zero-order valence-corrected chi connectivity index (χ0v) is 32.5. The highest BCUT2D eigenvalue weighted by molar-refractivity contribution is 5.97. The summed E-state index contributed by atoms with van der Waals surface area (Å²) in [6.45, 7) is 1.05. The van der Waals surface area contributed by atoms with Crippen LogP contribution in [0.4, 0.5) is 0 Å². The number of nitrogens with two attached hydrogens (primary N) is 1. The number of carbonyl (C=O) groups is 9. The Balaban J connectivity index is 1.13. The molecule has 0 spiro atoms. The molecule has 57 heavy (non-hydrogen) atoms. The van der Waals surface area contributed by atoms with Crippen LogP contribution >= 0.6 is 0 Å². The Morgan fingerprint density at radius 1 is 0.614 bits per heavy atom. The summed E-state index contributed by atoms with van der Waals surface area (Å²) >= 11 is 0. The number of nitrogens with zero attached hydrogens (tertiary/aromatic N) is 4. The molecule has 0 radical (unpaired) electrons. The number of likely N-dealkylation sites (tertiary alicyclic amines) is 4. The molecule has 20 heteroatoms. The van der Waals surface area contributed by atoms with Gasteiger partial charge in [0.2, 0.25) is 47.3 Å². The SMILES string of the molecule is NCCCC[C@H](NC(=O)CNC(=O)[C@@H]1CCCN1C(=O)[C@@H]1CCCN1)C(=O)N1CCC[C@H]1C(=O)NCC(=O)N1CCC[C@H]1C(=O)N1CCC[C@H]1C(=O)NCC(=O)O. The van der Waals surface area contributed by atoms with E-state index in [1.807, 2.05) is 0 Å². The van der Waals surface area contributed by atoms with Crippen molar-refractivity contribution < 1.29 is 48.3 Å². The summed E-state index contributed by atoms with van der Waals surface area (Å²) in [4.78, 5) is 123. The van der Waals surface area contributed by atoms with Gasteiger partial charge < -0.3 is 57.0 Å². The normalized spacial score (nSPS) is 25.0. The lowest BCUT2D eigenvalue weighted by atomic mass is 10.1. The molecule has 8 N–H and O–H groups in total. The van der Waals surface area contributed by atoms with Crippen molar-refractivity contribution >= 4 is 53.2 Å². The van der Waals surface area contributed by atoms with Gasteiger partial charge in [-0.25, -0.2) is 0 Å². The largest absolute Gasteiger partial charge is 0.480 e. The molecule has 5 aliphatic rings. The van der Waals surface area contributed by atoms with E-state index in [0.29, 0.717) is 90.3 Å². The van der Waals surface area contributed by atoms with Crippen molar-refractivity contribution in [3.63, 3.8) is 0 Å². The summed E-state index contributed by atoms with van der Waals surface area (Å²) < 4.78 is 0. The van der Waals surface area contributed by atoms with Gasteiger partial charge in [-0.3, -0.25) is 43.2 Å². The highest BCUT2D eigenvalue weighted by Gasteiger charge is 2.43. The maximum absolute atomic E-state index is 13.9. The van der Waals surface area contributed by atoms with Crippen molar-refractivity contribution in [1.29, 1.82) is 0 Å². The van der Waals surface area contributed by atoms with Crippen LogP contribution in [0.3, 0.4) is 0 Å². The number of amides is 8. The zero-order chi connectivity index (χ0) is 41.1. The van der Waals surface area contributed by atoms with Crippen molar-refractivity contribution in [2.45, 2.75) is 120 Å². The Bertz CT molecular complexity index is 1540. The lowest BCUT2D eigenvalue weighted by Crippen LogP contribution is -2.56. The van der Waals surface area contributed by atoms with Crippen molar-refractivity contribution in [3.05, 3.63) is 0 Å². The van der Waals surface area contributed by atoms with Gasteiger partial charge >= 0.3 is 5.97 Å². The average molecular weight is 803 g/mol. The smallest absolute Gasteiger partial charge is 0.322 e.